The molecule has 1 heterocycles. The van der Waals surface area contributed by atoms with Crippen molar-refractivity contribution in [3.63, 3.8) is 0 Å². The summed E-state index contributed by atoms with van der Waals surface area (Å²) in [5.41, 5.74) is 7.05. The number of amides is 9. The van der Waals surface area contributed by atoms with Gasteiger partial charge in [0.05, 0.1) is 37.7 Å². The van der Waals surface area contributed by atoms with Gasteiger partial charge in [-0.1, -0.05) is 133 Å². The Labute approximate surface area is 508 Å². The summed E-state index contributed by atoms with van der Waals surface area (Å²) >= 11 is 0. The molecule has 0 spiro atoms. The van der Waals surface area contributed by atoms with Crippen LogP contribution in [-0.2, 0) is 81.6 Å². The number of nitrogens with zero attached hydrogens (tertiary/aromatic N) is 2. The Balaban J connectivity index is 1.85. The summed E-state index contributed by atoms with van der Waals surface area (Å²) in [4.78, 5) is 184. The van der Waals surface area contributed by atoms with E-state index in [9.17, 15) is 67.4 Å². The lowest BCUT2D eigenvalue weighted by molar-refractivity contribution is -0.144. The van der Waals surface area contributed by atoms with Gasteiger partial charge < -0.3 is 52.5 Å². The molecule has 23 nitrogen and oxygen atoms in total. The molecule has 0 unspecified atom stereocenters. The summed E-state index contributed by atoms with van der Waals surface area (Å²) in [5, 5.41) is 25.8. The Morgan fingerprint density at radius 3 is 1.70 bits per heavy atom. The van der Waals surface area contributed by atoms with E-state index < -0.39 is 181 Å². The van der Waals surface area contributed by atoms with E-state index in [4.69, 9.17) is 5.73 Å². The molecule has 3 aromatic carbocycles. The molecule has 10 atom stereocenters. The van der Waals surface area contributed by atoms with Crippen molar-refractivity contribution in [2.45, 2.75) is 155 Å². The number of hydrogen-bond acceptors (Lipinski definition) is 14. The molecule has 9 N–H and O–H groups in total. The Kier molecular flexibility index (Phi) is 28.3. The van der Waals surface area contributed by atoms with Crippen LogP contribution in [0.5, 0.6) is 0 Å². The maximum atomic E-state index is 14.9. The molecule has 23 heteroatoms. The number of carbonyl (C=O) groups is 13. The Hall–Kier alpha value is -8.47. The maximum absolute atomic E-state index is 14.9. The highest BCUT2D eigenvalue weighted by Crippen LogP contribution is 2.21. The number of nitrogens with one attached hydrogen (secondary N) is 6. The number of benzene rings is 3. The molecule has 0 aromatic heterocycles. The molecular weight excluding hydrogens is 1120 g/mol. The third kappa shape index (κ3) is 22.7. The Bertz CT molecular complexity index is 2910. The maximum Gasteiger partial charge on any atom is 0.246 e. The minimum atomic E-state index is -1.82. The van der Waals surface area contributed by atoms with E-state index in [1.807, 2.05) is 13.8 Å². The van der Waals surface area contributed by atoms with Gasteiger partial charge >= 0.3 is 0 Å². The fourth-order valence-electron chi connectivity index (χ4n) is 10.1. The molecule has 1 saturated heterocycles. The smallest absolute Gasteiger partial charge is 0.246 e. The monoisotopic (exact) mass is 1210 g/mol. The number of Topliss-reactive ketones (excluding diaryl/α,β-unsaturated/α-hetero) is 4. The molecule has 0 aliphatic carbocycles. The fraction of sp³-hybridized carbons (Fsp3) is 0.516. The van der Waals surface area contributed by atoms with Crippen molar-refractivity contribution in [3.05, 3.63) is 108 Å². The van der Waals surface area contributed by atoms with Gasteiger partial charge in [-0.2, -0.15) is 0 Å². The van der Waals surface area contributed by atoms with E-state index in [1.165, 1.54) is 39.8 Å². The number of likely N-dealkylation sites (N-methyl/N-ethyl adjacent to an activating group) is 2. The van der Waals surface area contributed by atoms with E-state index in [2.05, 4.69) is 31.9 Å². The van der Waals surface area contributed by atoms with Crippen molar-refractivity contribution < 1.29 is 67.4 Å². The zero-order valence-electron chi connectivity index (χ0n) is 51.3. The summed E-state index contributed by atoms with van der Waals surface area (Å²) in [7, 11) is 2.58. The highest BCUT2D eigenvalue weighted by Gasteiger charge is 2.39. The van der Waals surface area contributed by atoms with Gasteiger partial charge in [0.15, 0.2) is 23.1 Å². The summed E-state index contributed by atoms with van der Waals surface area (Å²) in [5.74, 6) is -13.8. The van der Waals surface area contributed by atoms with Gasteiger partial charge in [-0.3, -0.25) is 62.3 Å². The van der Waals surface area contributed by atoms with Crippen LogP contribution in [0, 0.1) is 29.6 Å². The highest BCUT2D eigenvalue weighted by atomic mass is 16.3. The van der Waals surface area contributed by atoms with Gasteiger partial charge in [0.25, 0.3) is 0 Å². The first-order chi connectivity index (χ1) is 41.1. The number of primary amides is 1. The quantitative estimate of drug-likeness (QED) is 0.0898. The molecule has 4 rings (SSSR count). The fourth-order valence-corrected chi connectivity index (χ4v) is 10.1. The molecule has 3 aromatic rings. The highest BCUT2D eigenvalue weighted by molar-refractivity contribution is 6.00. The van der Waals surface area contributed by atoms with E-state index in [0.717, 1.165) is 4.90 Å². The molecule has 0 bridgehead atoms. The van der Waals surface area contributed by atoms with E-state index in [0.29, 0.717) is 16.7 Å². The van der Waals surface area contributed by atoms with Crippen molar-refractivity contribution in [2.24, 2.45) is 35.3 Å². The minimum absolute atomic E-state index is 0.00903. The standard InChI is InChI=1S/C64H87N9O14/c1-37(2)27-46-52(76)28-39(5)59(82)71-58(38(3)4)54(78)33-45(30-42-19-13-10-14-20-42)61(84)69-48(64(87)72(8)41(7)60(83)70-49(36-74)51(75)25-26-55(65)79)34-56(80)67-47(31-43-21-15-11-16-22-43)53(77)29-40(6)63(86)73(9)50(32-44-23-17-12-18-24-44)62(85)66-35-57(81)68-46/h10-24,37-41,45-50,58,74H,25-36H2,1-9H3,(H2,65,79)(H,66,85)(H,67,80)(H,68,81)(H,69,84)(H,70,83)(H,71,82)/t39-,40-,41+,45-,46+,47+,48+,49+,50+,58+/m1/s1. The second-order valence-corrected chi connectivity index (χ2v) is 23.4. The molecule has 1 aliphatic heterocycles. The second-order valence-electron chi connectivity index (χ2n) is 23.4. The van der Waals surface area contributed by atoms with E-state index in [1.54, 1.807) is 105 Å². The van der Waals surface area contributed by atoms with Gasteiger partial charge in [0.2, 0.25) is 53.2 Å². The number of ketones is 4. The van der Waals surface area contributed by atoms with Crippen LogP contribution in [0.2, 0.25) is 0 Å². The Morgan fingerprint density at radius 2 is 1.16 bits per heavy atom. The number of carbonyl (C=O) groups excluding carboxylic acids is 13. The van der Waals surface area contributed by atoms with Gasteiger partial charge in [0, 0.05) is 70.4 Å². The minimum Gasteiger partial charge on any atom is -0.394 e. The molecule has 0 saturated carbocycles. The van der Waals surface area contributed by atoms with Crippen molar-refractivity contribution in [1.82, 2.24) is 41.7 Å². The number of nitrogens with two attached hydrogens (primary N) is 1. The normalized spacial score (nSPS) is 23.0. The number of aliphatic hydroxyl groups is 1. The van der Waals surface area contributed by atoms with Crippen LogP contribution in [0.4, 0.5) is 0 Å². The van der Waals surface area contributed by atoms with Crippen LogP contribution < -0.4 is 37.6 Å². The Morgan fingerprint density at radius 1 is 0.632 bits per heavy atom. The lowest BCUT2D eigenvalue weighted by atomic mass is 9.87. The number of hydrogen-bond donors (Lipinski definition) is 8. The van der Waals surface area contributed by atoms with Crippen LogP contribution >= 0.6 is 0 Å². The van der Waals surface area contributed by atoms with Gasteiger partial charge in [-0.25, -0.2) is 0 Å². The average molecular weight is 1210 g/mol. The second kappa shape index (κ2) is 34.6. The summed E-state index contributed by atoms with van der Waals surface area (Å²) in [6.07, 6.45) is -2.99. The molecule has 9 amide bonds. The van der Waals surface area contributed by atoms with Crippen LogP contribution in [-0.4, -0.2) is 161 Å². The molecule has 472 valence electrons. The zero-order chi connectivity index (χ0) is 64.7. The van der Waals surface area contributed by atoms with Gasteiger partial charge in [0.1, 0.15) is 24.2 Å². The third-order valence-corrected chi connectivity index (χ3v) is 15.4. The molecule has 0 radical (unpaired) electrons. The van der Waals surface area contributed by atoms with Crippen LogP contribution in [0.3, 0.4) is 0 Å². The molecule has 1 aliphatic rings. The van der Waals surface area contributed by atoms with E-state index >= 15 is 0 Å². The summed E-state index contributed by atoms with van der Waals surface area (Å²) in [6, 6.07) is 16.3. The van der Waals surface area contributed by atoms with Crippen LogP contribution in [0.15, 0.2) is 91.0 Å². The van der Waals surface area contributed by atoms with Crippen molar-refractivity contribution in [3.8, 4) is 0 Å². The first kappa shape index (κ1) is 71.0. The van der Waals surface area contributed by atoms with Crippen molar-refractivity contribution in [2.75, 3.05) is 27.2 Å². The topological polar surface area (TPSA) is 347 Å². The molecule has 87 heavy (non-hydrogen) atoms. The average Bonchev–Trinajstić information content (AvgIpc) is 3.66. The van der Waals surface area contributed by atoms with Crippen LogP contribution in [0.1, 0.15) is 110 Å². The van der Waals surface area contributed by atoms with Gasteiger partial charge in [-0.15, -0.1) is 0 Å². The predicted octanol–water partition coefficient (Wildman–Crippen LogP) is 1.63. The number of rotatable bonds is 18. The SMILES string of the molecule is CC(C)C[C@@H]1NC(=O)CNC(=O)[C@H](Cc2ccccc2)N(C)C(=O)[C@H](C)CC(=O)[C@H](Cc2ccccc2)NC(=O)C[C@@H](C(=O)N(C)[C@@H](C)C(=O)N[C@@H](CO)C(=O)CCC(N)=O)NC(=O)[C@H](Cc2ccccc2)CC(=O)[C@H](C(C)C)NC(=O)[C@H](C)CC1=O. The molecular formula is C64H87N9O14. The summed E-state index contributed by atoms with van der Waals surface area (Å²) < 4.78 is 0. The summed E-state index contributed by atoms with van der Waals surface area (Å²) in [6.45, 7) is 9.83. The van der Waals surface area contributed by atoms with Gasteiger partial charge in [-0.05, 0) is 54.7 Å². The third-order valence-electron chi connectivity index (χ3n) is 15.4. The lowest BCUT2D eigenvalue weighted by Gasteiger charge is -2.31. The zero-order valence-corrected chi connectivity index (χ0v) is 51.3. The first-order valence-corrected chi connectivity index (χ1v) is 29.5. The van der Waals surface area contributed by atoms with Crippen molar-refractivity contribution >= 4 is 76.3 Å². The lowest BCUT2D eigenvalue weighted by Crippen LogP contribution is -2.57. The predicted molar refractivity (Wildman–Crippen MR) is 322 cm³/mol. The number of aliphatic hydroxyl groups excluding tert-OH is 1. The van der Waals surface area contributed by atoms with Crippen molar-refractivity contribution in [1.29, 1.82) is 0 Å². The molecule has 1 fully saturated rings. The van der Waals surface area contributed by atoms with E-state index in [-0.39, 0.29) is 44.4 Å². The van der Waals surface area contributed by atoms with Crippen LogP contribution in [0.25, 0.3) is 0 Å². The largest absolute Gasteiger partial charge is 0.394 e. The first-order valence-electron chi connectivity index (χ1n) is 29.5.